The Bertz CT molecular complexity index is 1430. The average Bonchev–Trinajstić information content (AvgIpc) is 3.17. The van der Waals surface area contributed by atoms with E-state index in [0.29, 0.717) is 22.4 Å². The molecule has 0 unspecified atom stereocenters. The lowest BCUT2D eigenvalue weighted by molar-refractivity contribution is 0.0691. The van der Waals surface area contributed by atoms with E-state index < -0.39 is 5.97 Å². The highest BCUT2D eigenvalue weighted by Crippen LogP contribution is 2.29. The van der Waals surface area contributed by atoms with Crippen LogP contribution in [0.5, 0.6) is 0 Å². The number of fused-ring (bicyclic) bond motifs is 1. The van der Waals surface area contributed by atoms with Crippen LogP contribution in [-0.2, 0) is 14.1 Å². The summed E-state index contributed by atoms with van der Waals surface area (Å²) in [5.41, 5.74) is 2.87. The lowest BCUT2D eigenvalue weighted by Gasteiger charge is -2.20. The van der Waals surface area contributed by atoms with Crippen LogP contribution in [-0.4, -0.2) is 35.4 Å². The SMILES string of the molecule is Cc1cc([C@@H](C)Nc2ccc(Cl)nc2C(=O)O)c2nc(-c3cnn(C)c3)n(C)c(=O)c2c1. The zero-order valence-corrected chi connectivity index (χ0v) is 18.7. The quantitative estimate of drug-likeness (QED) is 0.445. The summed E-state index contributed by atoms with van der Waals surface area (Å²) in [6.07, 6.45) is 3.45. The number of aromatic nitrogens is 5. The maximum absolute atomic E-state index is 13.2. The highest BCUT2D eigenvalue weighted by atomic mass is 35.5. The van der Waals surface area contributed by atoms with E-state index in [1.807, 2.05) is 19.9 Å². The molecule has 2 N–H and O–H groups in total. The first-order valence-corrected chi connectivity index (χ1v) is 10.2. The van der Waals surface area contributed by atoms with E-state index in [1.54, 1.807) is 43.3 Å². The second-order valence-corrected chi connectivity index (χ2v) is 8.04. The van der Waals surface area contributed by atoms with E-state index in [4.69, 9.17) is 16.6 Å². The lowest BCUT2D eigenvalue weighted by Crippen LogP contribution is -2.22. The molecule has 0 aliphatic rings. The number of carboxylic acids is 1. The zero-order valence-electron chi connectivity index (χ0n) is 17.9. The fraction of sp³-hybridized carbons (Fsp3) is 0.227. The van der Waals surface area contributed by atoms with Gasteiger partial charge >= 0.3 is 5.97 Å². The van der Waals surface area contributed by atoms with E-state index in [0.717, 1.165) is 16.7 Å². The first-order chi connectivity index (χ1) is 15.2. The van der Waals surface area contributed by atoms with Gasteiger partial charge < -0.3 is 10.4 Å². The number of aryl methyl sites for hydroxylation is 2. The molecule has 4 rings (SSSR count). The van der Waals surface area contributed by atoms with Crippen LogP contribution in [0, 0.1) is 6.92 Å². The highest BCUT2D eigenvalue weighted by Gasteiger charge is 2.20. The van der Waals surface area contributed by atoms with Crippen LogP contribution in [0.25, 0.3) is 22.3 Å². The third kappa shape index (κ3) is 3.82. The molecule has 164 valence electrons. The zero-order chi connectivity index (χ0) is 23.2. The molecule has 0 amide bonds. The van der Waals surface area contributed by atoms with Crippen molar-refractivity contribution in [3.8, 4) is 11.4 Å². The number of nitrogens with one attached hydrogen (secondary N) is 1. The molecule has 0 radical (unpaired) electrons. The summed E-state index contributed by atoms with van der Waals surface area (Å²) in [6, 6.07) is 6.45. The monoisotopic (exact) mass is 452 g/mol. The second-order valence-electron chi connectivity index (χ2n) is 7.65. The van der Waals surface area contributed by atoms with Crippen LogP contribution in [0.1, 0.15) is 34.6 Å². The van der Waals surface area contributed by atoms with Crippen LogP contribution < -0.4 is 10.9 Å². The molecule has 32 heavy (non-hydrogen) atoms. The summed E-state index contributed by atoms with van der Waals surface area (Å²) in [5.74, 6) is -0.700. The maximum Gasteiger partial charge on any atom is 0.356 e. The van der Waals surface area contributed by atoms with Crippen molar-refractivity contribution in [3.63, 3.8) is 0 Å². The van der Waals surface area contributed by atoms with Crippen molar-refractivity contribution in [2.45, 2.75) is 19.9 Å². The highest BCUT2D eigenvalue weighted by molar-refractivity contribution is 6.29. The summed E-state index contributed by atoms with van der Waals surface area (Å²) >= 11 is 5.87. The van der Waals surface area contributed by atoms with Gasteiger partial charge in [0.15, 0.2) is 5.69 Å². The van der Waals surface area contributed by atoms with E-state index >= 15 is 0 Å². The first kappa shape index (κ1) is 21.5. The molecule has 1 aromatic carbocycles. The number of anilines is 1. The number of hydrogen-bond donors (Lipinski definition) is 2. The molecular formula is C22H21ClN6O3. The van der Waals surface area contributed by atoms with Gasteiger partial charge in [0.05, 0.1) is 34.4 Å². The molecule has 0 aliphatic heterocycles. The Kier molecular flexibility index (Phi) is 5.43. The molecule has 4 aromatic rings. The minimum atomic E-state index is -1.19. The van der Waals surface area contributed by atoms with E-state index in [1.165, 1.54) is 10.6 Å². The van der Waals surface area contributed by atoms with Crippen LogP contribution >= 0.6 is 11.6 Å². The fourth-order valence-electron chi connectivity index (χ4n) is 3.70. The van der Waals surface area contributed by atoms with E-state index in [-0.39, 0.29) is 22.4 Å². The van der Waals surface area contributed by atoms with Crippen molar-refractivity contribution in [1.29, 1.82) is 0 Å². The molecule has 0 aliphatic carbocycles. The summed E-state index contributed by atoms with van der Waals surface area (Å²) in [5, 5.41) is 17.4. The summed E-state index contributed by atoms with van der Waals surface area (Å²) in [7, 11) is 3.48. The minimum absolute atomic E-state index is 0.0906. The topological polar surface area (TPSA) is 115 Å². The maximum atomic E-state index is 13.2. The fourth-order valence-corrected chi connectivity index (χ4v) is 3.85. The number of nitrogens with zero attached hydrogens (tertiary/aromatic N) is 5. The van der Waals surface area contributed by atoms with Gasteiger partial charge in [0.2, 0.25) is 0 Å². The van der Waals surface area contributed by atoms with Crippen molar-refractivity contribution in [1.82, 2.24) is 24.3 Å². The van der Waals surface area contributed by atoms with E-state index in [2.05, 4.69) is 15.4 Å². The number of rotatable bonds is 5. The standard InChI is InChI=1S/C22H21ClN6O3/c1-11-7-14(12(2)25-16-5-6-17(23)26-19(16)22(31)32)18-15(8-11)21(30)29(4)20(27-18)13-9-24-28(3)10-13/h5-10,12,25H,1-4H3,(H,31,32)/t12-/m1/s1. The Balaban J connectivity index is 1.88. The number of carbonyl (C=O) groups is 1. The molecule has 0 bridgehead atoms. The van der Waals surface area contributed by atoms with Gasteiger partial charge in [-0.2, -0.15) is 5.10 Å². The van der Waals surface area contributed by atoms with Gasteiger partial charge in [0, 0.05) is 25.9 Å². The molecule has 3 aromatic heterocycles. The molecule has 0 fully saturated rings. The van der Waals surface area contributed by atoms with Crippen LogP contribution in [0.15, 0.2) is 41.5 Å². The largest absolute Gasteiger partial charge is 0.476 e. The Morgan fingerprint density at radius 2 is 1.97 bits per heavy atom. The normalized spacial score (nSPS) is 12.2. The van der Waals surface area contributed by atoms with Crippen molar-refractivity contribution in [2.24, 2.45) is 14.1 Å². The van der Waals surface area contributed by atoms with Gasteiger partial charge in [0.1, 0.15) is 11.0 Å². The van der Waals surface area contributed by atoms with Crippen molar-refractivity contribution in [2.75, 3.05) is 5.32 Å². The predicted molar refractivity (Wildman–Crippen MR) is 122 cm³/mol. The molecule has 3 heterocycles. The van der Waals surface area contributed by atoms with Gasteiger partial charge in [-0.05, 0) is 37.6 Å². The van der Waals surface area contributed by atoms with Gasteiger partial charge in [-0.1, -0.05) is 17.7 Å². The smallest absolute Gasteiger partial charge is 0.356 e. The summed E-state index contributed by atoms with van der Waals surface area (Å²) < 4.78 is 3.15. The summed E-state index contributed by atoms with van der Waals surface area (Å²) in [4.78, 5) is 33.5. The molecule has 10 heteroatoms. The second kappa shape index (κ2) is 8.08. The van der Waals surface area contributed by atoms with Crippen molar-refractivity contribution in [3.05, 3.63) is 69.0 Å². The Hall–Kier alpha value is -3.72. The predicted octanol–water partition coefficient (Wildman–Crippen LogP) is 3.56. The van der Waals surface area contributed by atoms with Gasteiger partial charge in [-0.3, -0.25) is 14.0 Å². The third-order valence-electron chi connectivity index (χ3n) is 5.22. The molecule has 9 nitrogen and oxygen atoms in total. The average molecular weight is 453 g/mol. The molecule has 0 saturated heterocycles. The van der Waals surface area contributed by atoms with Gasteiger partial charge in [-0.25, -0.2) is 14.8 Å². The Morgan fingerprint density at radius 3 is 2.62 bits per heavy atom. The molecule has 1 atom stereocenters. The van der Waals surface area contributed by atoms with Crippen LogP contribution in [0.2, 0.25) is 5.15 Å². The number of hydrogen-bond acceptors (Lipinski definition) is 6. The number of pyridine rings is 1. The van der Waals surface area contributed by atoms with Crippen molar-refractivity contribution < 1.29 is 9.90 Å². The van der Waals surface area contributed by atoms with E-state index in [9.17, 15) is 14.7 Å². The van der Waals surface area contributed by atoms with Gasteiger partial charge in [-0.15, -0.1) is 0 Å². The van der Waals surface area contributed by atoms with Crippen molar-refractivity contribution >= 4 is 34.2 Å². The number of aromatic carboxylic acids is 1. The molecule has 0 spiro atoms. The molecule has 0 saturated carbocycles. The third-order valence-corrected chi connectivity index (χ3v) is 5.43. The Labute approximate surface area is 188 Å². The number of halogens is 1. The number of carboxylic acid groups (broad SMARTS) is 1. The van der Waals surface area contributed by atoms with Crippen LogP contribution in [0.4, 0.5) is 5.69 Å². The molecular weight excluding hydrogens is 432 g/mol. The Morgan fingerprint density at radius 1 is 1.22 bits per heavy atom. The number of benzene rings is 1. The van der Waals surface area contributed by atoms with Gasteiger partial charge in [0.25, 0.3) is 5.56 Å². The summed E-state index contributed by atoms with van der Waals surface area (Å²) in [6.45, 7) is 3.77. The lowest BCUT2D eigenvalue weighted by atomic mass is 10.0. The van der Waals surface area contributed by atoms with Crippen LogP contribution in [0.3, 0.4) is 0 Å². The first-order valence-electron chi connectivity index (χ1n) is 9.82. The minimum Gasteiger partial charge on any atom is -0.476 e.